The van der Waals surface area contributed by atoms with Crippen molar-refractivity contribution in [3.05, 3.63) is 66.8 Å². The fourth-order valence-corrected chi connectivity index (χ4v) is 3.50. The normalized spacial score (nSPS) is 18.4. The molecule has 0 spiro atoms. The van der Waals surface area contributed by atoms with Crippen LogP contribution in [-0.4, -0.2) is 11.9 Å². The van der Waals surface area contributed by atoms with Crippen LogP contribution in [0.4, 0.5) is 11.4 Å². The van der Waals surface area contributed by atoms with Gasteiger partial charge >= 0.3 is 0 Å². The number of nitrogens with zero attached hydrogens (tertiary/aromatic N) is 2. The summed E-state index contributed by atoms with van der Waals surface area (Å²) in [5, 5.41) is 0. The predicted octanol–water partition coefficient (Wildman–Crippen LogP) is 4.96. The SMILES string of the molecule is ClCC[C@H](c1ccccc1)N1[CH]N(C2CC2)c2ccccc21. The molecule has 1 aliphatic heterocycles. The molecule has 1 fully saturated rings. The minimum absolute atomic E-state index is 0.295. The Hall–Kier alpha value is -1.67. The van der Waals surface area contributed by atoms with Crippen molar-refractivity contribution in [1.82, 2.24) is 0 Å². The maximum absolute atomic E-state index is 6.11. The molecular weight excluding hydrogens is 292 g/mol. The molecule has 2 aromatic rings. The molecule has 113 valence electrons. The third kappa shape index (κ3) is 2.46. The number of fused-ring (bicyclic) bond motifs is 1. The fraction of sp³-hybridized carbons (Fsp3) is 0.316. The standard InChI is InChI=1S/C19H20ClN2/c20-13-12-17(15-6-2-1-3-7-15)22-14-21(16-10-11-16)18-8-4-5-9-19(18)22/h1-9,14,16-17H,10-13H2/t17-/m1/s1. The Morgan fingerprint density at radius 2 is 1.64 bits per heavy atom. The van der Waals surface area contributed by atoms with Gasteiger partial charge in [0, 0.05) is 11.9 Å². The van der Waals surface area contributed by atoms with Crippen molar-refractivity contribution >= 4 is 23.0 Å². The van der Waals surface area contributed by atoms with Crippen molar-refractivity contribution in [2.45, 2.75) is 31.3 Å². The highest BCUT2D eigenvalue weighted by Crippen LogP contribution is 2.47. The second-order valence-electron chi connectivity index (χ2n) is 6.05. The molecule has 2 nitrogen and oxygen atoms in total. The number of alkyl halides is 1. The molecule has 2 aliphatic rings. The van der Waals surface area contributed by atoms with Gasteiger partial charge in [-0.15, -0.1) is 11.6 Å². The molecule has 0 aromatic heterocycles. The first kappa shape index (κ1) is 14.0. The zero-order chi connectivity index (χ0) is 14.9. The van der Waals surface area contributed by atoms with Crippen molar-refractivity contribution < 1.29 is 0 Å². The van der Waals surface area contributed by atoms with Crippen molar-refractivity contribution in [3.8, 4) is 0 Å². The summed E-state index contributed by atoms with van der Waals surface area (Å²) in [6.45, 7) is 2.30. The largest absolute Gasteiger partial charge is 0.343 e. The Morgan fingerprint density at radius 1 is 0.955 bits per heavy atom. The molecule has 2 aromatic carbocycles. The first-order valence-electron chi connectivity index (χ1n) is 8.00. The van der Waals surface area contributed by atoms with Gasteiger partial charge in [0.15, 0.2) is 0 Å². The van der Waals surface area contributed by atoms with E-state index in [1.54, 1.807) is 0 Å². The second kappa shape index (κ2) is 5.85. The summed E-state index contributed by atoms with van der Waals surface area (Å²) >= 11 is 6.11. The van der Waals surface area contributed by atoms with Gasteiger partial charge in [0.05, 0.1) is 17.4 Å². The summed E-state index contributed by atoms with van der Waals surface area (Å²) < 4.78 is 0. The molecular formula is C19H20ClN2. The van der Waals surface area contributed by atoms with E-state index in [-0.39, 0.29) is 0 Å². The quantitative estimate of drug-likeness (QED) is 0.720. The highest BCUT2D eigenvalue weighted by atomic mass is 35.5. The molecule has 1 saturated carbocycles. The van der Waals surface area contributed by atoms with Crippen molar-refractivity contribution in [2.24, 2.45) is 0 Å². The van der Waals surface area contributed by atoms with E-state index in [1.807, 2.05) is 0 Å². The molecule has 1 aliphatic carbocycles. The van der Waals surface area contributed by atoms with Gasteiger partial charge in [-0.2, -0.15) is 0 Å². The Morgan fingerprint density at radius 3 is 2.32 bits per heavy atom. The number of anilines is 2. The van der Waals surface area contributed by atoms with Crippen molar-refractivity contribution in [3.63, 3.8) is 0 Å². The smallest absolute Gasteiger partial charge is 0.143 e. The molecule has 1 radical (unpaired) electrons. The van der Waals surface area contributed by atoms with Gasteiger partial charge in [0.1, 0.15) is 6.67 Å². The second-order valence-corrected chi connectivity index (χ2v) is 6.43. The zero-order valence-electron chi connectivity index (χ0n) is 12.5. The molecule has 0 bridgehead atoms. The van der Waals surface area contributed by atoms with Gasteiger partial charge in [-0.3, -0.25) is 0 Å². The van der Waals surface area contributed by atoms with E-state index >= 15 is 0 Å². The Kier molecular flexibility index (Phi) is 3.71. The van der Waals surface area contributed by atoms with E-state index in [0.29, 0.717) is 18.0 Å². The maximum atomic E-state index is 6.11. The average Bonchev–Trinajstić information content (AvgIpc) is 3.35. The van der Waals surface area contributed by atoms with Crippen LogP contribution in [0.1, 0.15) is 30.9 Å². The lowest BCUT2D eigenvalue weighted by Gasteiger charge is -2.30. The Balaban J connectivity index is 1.71. The van der Waals surface area contributed by atoms with Crippen LogP contribution < -0.4 is 9.80 Å². The number of rotatable bonds is 5. The van der Waals surface area contributed by atoms with E-state index < -0.39 is 0 Å². The average molecular weight is 312 g/mol. The molecule has 4 rings (SSSR count). The summed E-state index contributed by atoms with van der Waals surface area (Å²) in [4.78, 5) is 4.85. The third-order valence-electron chi connectivity index (χ3n) is 4.53. The van der Waals surface area contributed by atoms with Gasteiger partial charge in [-0.25, -0.2) is 0 Å². The molecule has 0 N–H and O–H groups in total. The Labute approximate surface area is 137 Å². The van der Waals surface area contributed by atoms with E-state index in [4.69, 9.17) is 11.6 Å². The number of halogens is 1. The topological polar surface area (TPSA) is 6.48 Å². The maximum Gasteiger partial charge on any atom is 0.143 e. The van der Waals surface area contributed by atoms with Gasteiger partial charge < -0.3 is 9.80 Å². The van der Waals surface area contributed by atoms with Crippen LogP contribution in [0.25, 0.3) is 0 Å². The van der Waals surface area contributed by atoms with Gasteiger partial charge in [0.25, 0.3) is 0 Å². The number of benzene rings is 2. The van der Waals surface area contributed by atoms with Crippen LogP contribution in [0.3, 0.4) is 0 Å². The minimum Gasteiger partial charge on any atom is -0.343 e. The van der Waals surface area contributed by atoms with Crippen LogP contribution >= 0.6 is 11.6 Å². The monoisotopic (exact) mass is 311 g/mol. The van der Waals surface area contributed by atoms with Crippen LogP contribution in [0.5, 0.6) is 0 Å². The predicted molar refractivity (Wildman–Crippen MR) is 93.2 cm³/mol. The van der Waals surface area contributed by atoms with Crippen LogP contribution in [0.2, 0.25) is 0 Å². The lowest BCUT2D eigenvalue weighted by atomic mass is 10.0. The van der Waals surface area contributed by atoms with E-state index in [2.05, 4.69) is 71.1 Å². The number of para-hydroxylation sites is 2. The summed E-state index contributed by atoms with van der Waals surface area (Å²) in [5.74, 6) is 0.662. The Bertz CT molecular complexity index is 639. The highest BCUT2D eigenvalue weighted by molar-refractivity contribution is 6.17. The van der Waals surface area contributed by atoms with Gasteiger partial charge in [0.2, 0.25) is 0 Å². The molecule has 0 saturated heterocycles. The molecule has 1 atom stereocenters. The zero-order valence-corrected chi connectivity index (χ0v) is 13.3. The van der Waals surface area contributed by atoms with E-state index in [1.165, 1.54) is 29.8 Å². The van der Waals surface area contributed by atoms with E-state index in [9.17, 15) is 0 Å². The summed E-state index contributed by atoms with van der Waals surface area (Å²) in [6, 6.07) is 20.4. The highest BCUT2D eigenvalue weighted by Gasteiger charge is 2.39. The lowest BCUT2D eigenvalue weighted by molar-refractivity contribution is 0.647. The molecule has 1 heterocycles. The first-order chi connectivity index (χ1) is 10.9. The molecule has 3 heteroatoms. The first-order valence-corrected chi connectivity index (χ1v) is 8.53. The van der Waals surface area contributed by atoms with Gasteiger partial charge in [-0.1, -0.05) is 42.5 Å². The van der Waals surface area contributed by atoms with Gasteiger partial charge in [-0.05, 0) is 37.0 Å². The molecule has 0 unspecified atom stereocenters. The molecule has 22 heavy (non-hydrogen) atoms. The molecule has 0 amide bonds. The van der Waals surface area contributed by atoms with Crippen LogP contribution in [-0.2, 0) is 0 Å². The summed E-state index contributed by atoms with van der Waals surface area (Å²) in [7, 11) is 0. The third-order valence-corrected chi connectivity index (χ3v) is 4.75. The summed E-state index contributed by atoms with van der Waals surface area (Å²) in [5.41, 5.74) is 3.96. The van der Waals surface area contributed by atoms with Crippen LogP contribution in [0.15, 0.2) is 54.6 Å². The van der Waals surface area contributed by atoms with Crippen LogP contribution in [0, 0.1) is 6.67 Å². The number of hydrogen-bond donors (Lipinski definition) is 0. The lowest BCUT2D eigenvalue weighted by Crippen LogP contribution is -2.30. The fourth-order valence-electron chi connectivity index (χ4n) is 3.30. The number of hydrogen-bond acceptors (Lipinski definition) is 2. The van der Waals surface area contributed by atoms with Crippen molar-refractivity contribution in [1.29, 1.82) is 0 Å². The van der Waals surface area contributed by atoms with Crippen molar-refractivity contribution in [2.75, 3.05) is 15.7 Å². The minimum atomic E-state index is 0.295. The van der Waals surface area contributed by atoms with E-state index in [0.717, 1.165) is 6.42 Å². The summed E-state index contributed by atoms with van der Waals surface area (Å²) in [6.07, 6.45) is 3.53.